The zero-order valence-electron chi connectivity index (χ0n) is 17.2. The second kappa shape index (κ2) is 8.34. The molecule has 3 aromatic rings. The summed E-state index contributed by atoms with van der Waals surface area (Å²) in [5.41, 5.74) is 2.67. The Balaban J connectivity index is 1.65. The molecule has 0 aliphatic heterocycles. The maximum Gasteiger partial charge on any atom is 0.246 e. The van der Waals surface area contributed by atoms with Crippen molar-refractivity contribution in [1.29, 1.82) is 0 Å². The van der Waals surface area contributed by atoms with Crippen molar-refractivity contribution in [2.45, 2.75) is 46.7 Å². The van der Waals surface area contributed by atoms with Gasteiger partial charge in [-0.1, -0.05) is 11.2 Å². The predicted octanol–water partition coefficient (Wildman–Crippen LogP) is 2.76. The van der Waals surface area contributed by atoms with Crippen molar-refractivity contribution >= 4 is 11.7 Å². The van der Waals surface area contributed by atoms with E-state index in [2.05, 4.69) is 20.2 Å². The Morgan fingerprint density at radius 3 is 2.66 bits per heavy atom. The second-order valence-corrected chi connectivity index (χ2v) is 7.08. The Morgan fingerprint density at radius 2 is 2.03 bits per heavy atom. The fraction of sp³-hybridized carbons (Fsp3) is 0.400. The standard InChI is InChI=1S/C20H24N6O3/c1-12(26-14(3)19(15(4)27)13(2)23-26)10-18(28)25(5)11-17-22-20(24-29-17)16-8-6-7-9-21-16/h6-9,12H,10-11H2,1-5H3/t12-/m0/s1. The van der Waals surface area contributed by atoms with E-state index >= 15 is 0 Å². The zero-order valence-corrected chi connectivity index (χ0v) is 17.2. The number of nitrogens with zero attached hydrogens (tertiary/aromatic N) is 6. The molecule has 0 aliphatic carbocycles. The topological polar surface area (TPSA) is 107 Å². The highest BCUT2D eigenvalue weighted by atomic mass is 16.5. The number of hydrogen-bond acceptors (Lipinski definition) is 7. The van der Waals surface area contributed by atoms with Crippen LogP contribution in [0.1, 0.15) is 53.9 Å². The summed E-state index contributed by atoms with van der Waals surface area (Å²) in [6.45, 7) is 7.27. The van der Waals surface area contributed by atoms with Crippen LogP contribution >= 0.6 is 0 Å². The van der Waals surface area contributed by atoms with Crippen LogP contribution in [0.4, 0.5) is 0 Å². The van der Waals surface area contributed by atoms with Gasteiger partial charge in [-0.3, -0.25) is 19.3 Å². The summed E-state index contributed by atoms with van der Waals surface area (Å²) in [6, 6.07) is 5.24. The van der Waals surface area contributed by atoms with E-state index in [1.807, 2.05) is 19.9 Å². The van der Waals surface area contributed by atoms with Crippen LogP contribution in [0.25, 0.3) is 11.5 Å². The Labute approximate surface area is 168 Å². The minimum absolute atomic E-state index is 0.0259. The molecule has 0 bridgehead atoms. The van der Waals surface area contributed by atoms with Crippen molar-refractivity contribution in [2.24, 2.45) is 0 Å². The molecule has 3 heterocycles. The van der Waals surface area contributed by atoms with Crippen LogP contribution in [-0.4, -0.2) is 48.5 Å². The smallest absolute Gasteiger partial charge is 0.246 e. The SMILES string of the molecule is CC(=O)c1c(C)nn([C@@H](C)CC(=O)N(C)Cc2nc(-c3ccccn3)no2)c1C. The average Bonchev–Trinajstić information content (AvgIpc) is 3.26. The molecule has 0 fully saturated rings. The van der Waals surface area contributed by atoms with E-state index in [-0.39, 0.29) is 30.7 Å². The fourth-order valence-electron chi connectivity index (χ4n) is 3.31. The number of rotatable bonds is 7. The van der Waals surface area contributed by atoms with Crippen LogP contribution in [0.5, 0.6) is 0 Å². The van der Waals surface area contributed by atoms with E-state index < -0.39 is 0 Å². The molecule has 3 aromatic heterocycles. The first-order valence-electron chi connectivity index (χ1n) is 9.32. The van der Waals surface area contributed by atoms with Gasteiger partial charge in [-0.25, -0.2) is 0 Å². The molecule has 0 saturated heterocycles. The third kappa shape index (κ3) is 4.39. The van der Waals surface area contributed by atoms with Crippen molar-refractivity contribution in [2.75, 3.05) is 7.05 Å². The van der Waals surface area contributed by atoms with E-state index in [9.17, 15) is 9.59 Å². The van der Waals surface area contributed by atoms with Crippen molar-refractivity contribution in [1.82, 2.24) is 29.8 Å². The van der Waals surface area contributed by atoms with Gasteiger partial charge in [0.05, 0.1) is 23.8 Å². The molecule has 152 valence electrons. The first kappa shape index (κ1) is 20.4. The lowest BCUT2D eigenvalue weighted by molar-refractivity contribution is -0.131. The Bertz CT molecular complexity index is 1020. The van der Waals surface area contributed by atoms with Crippen LogP contribution in [0.15, 0.2) is 28.9 Å². The number of pyridine rings is 1. The molecule has 0 aliphatic rings. The molecular weight excluding hydrogens is 372 g/mol. The molecule has 0 spiro atoms. The minimum atomic E-state index is -0.191. The summed E-state index contributed by atoms with van der Waals surface area (Å²) in [4.78, 5) is 34.5. The molecule has 0 saturated carbocycles. The highest BCUT2D eigenvalue weighted by Gasteiger charge is 2.22. The van der Waals surface area contributed by atoms with Crippen LogP contribution < -0.4 is 0 Å². The van der Waals surface area contributed by atoms with E-state index in [0.717, 1.165) is 5.69 Å². The van der Waals surface area contributed by atoms with Gasteiger partial charge in [0, 0.05) is 25.4 Å². The lowest BCUT2D eigenvalue weighted by Crippen LogP contribution is -2.28. The first-order chi connectivity index (χ1) is 13.8. The number of amides is 1. The molecule has 3 rings (SSSR count). The highest BCUT2D eigenvalue weighted by molar-refractivity contribution is 5.96. The summed E-state index contributed by atoms with van der Waals surface area (Å²) < 4.78 is 6.98. The van der Waals surface area contributed by atoms with Gasteiger partial charge < -0.3 is 9.42 Å². The van der Waals surface area contributed by atoms with Crippen molar-refractivity contribution in [3.8, 4) is 11.5 Å². The average molecular weight is 396 g/mol. The number of aromatic nitrogens is 5. The number of carbonyl (C=O) groups excluding carboxylic acids is 2. The molecule has 1 amide bonds. The van der Waals surface area contributed by atoms with Gasteiger partial charge in [-0.05, 0) is 39.8 Å². The molecule has 1 atom stereocenters. The molecule has 0 radical (unpaired) electrons. The molecule has 9 heteroatoms. The summed E-state index contributed by atoms with van der Waals surface area (Å²) in [7, 11) is 1.68. The summed E-state index contributed by atoms with van der Waals surface area (Å²) >= 11 is 0. The Morgan fingerprint density at radius 1 is 1.28 bits per heavy atom. The van der Waals surface area contributed by atoms with E-state index in [1.54, 1.807) is 37.0 Å². The number of ketones is 1. The first-order valence-corrected chi connectivity index (χ1v) is 9.32. The van der Waals surface area contributed by atoms with Crippen molar-refractivity contribution in [3.05, 3.63) is 47.2 Å². The summed E-state index contributed by atoms with van der Waals surface area (Å²) in [5.74, 6) is 0.599. The predicted molar refractivity (Wildman–Crippen MR) is 105 cm³/mol. The number of hydrogen-bond donors (Lipinski definition) is 0. The van der Waals surface area contributed by atoms with Crippen molar-refractivity contribution in [3.63, 3.8) is 0 Å². The molecule has 0 unspecified atom stereocenters. The normalized spacial score (nSPS) is 12.0. The van der Waals surface area contributed by atoms with Crippen molar-refractivity contribution < 1.29 is 14.1 Å². The summed E-state index contributed by atoms with van der Waals surface area (Å²) in [6.07, 6.45) is 1.88. The van der Waals surface area contributed by atoms with Gasteiger partial charge >= 0.3 is 0 Å². The third-order valence-electron chi connectivity index (χ3n) is 4.72. The molecule has 9 nitrogen and oxygen atoms in total. The van der Waals surface area contributed by atoms with Gasteiger partial charge in [-0.2, -0.15) is 10.1 Å². The molecule has 0 aromatic carbocycles. The largest absolute Gasteiger partial charge is 0.337 e. The Kier molecular flexibility index (Phi) is 5.86. The van der Waals surface area contributed by atoms with Crippen LogP contribution in [0, 0.1) is 13.8 Å². The lowest BCUT2D eigenvalue weighted by Gasteiger charge is -2.19. The quantitative estimate of drug-likeness (QED) is 0.565. The number of Topliss-reactive ketones (excluding diaryl/α,β-unsaturated/α-hetero) is 1. The number of aryl methyl sites for hydroxylation is 1. The summed E-state index contributed by atoms with van der Waals surface area (Å²) in [5, 5.41) is 8.36. The Hall–Kier alpha value is -3.36. The van der Waals surface area contributed by atoms with Gasteiger partial charge in [0.1, 0.15) is 5.69 Å². The van der Waals surface area contributed by atoms with Crippen LogP contribution in [0.2, 0.25) is 0 Å². The maximum atomic E-state index is 12.7. The van der Waals surface area contributed by atoms with Crippen LogP contribution in [-0.2, 0) is 11.3 Å². The second-order valence-electron chi connectivity index (χ2n) is 7.08. The number of carbonyl (C=O) groups is 2. The maximum absolute atomic E-state index is 12.7. The van der Waals surface area contributed by atoms with E-state index in [0.29, 0.717) is 28.7 Å². The van der Waals surface area contributed by atoms with Crippen LogP contribution in [0.3, 0.4) is 0 Å². The monoisotopic (exact) mass is 396 g/mol. The minimum Gasteiger partial charge on any atom is -0.337 e. The van der Waals surface area contributed by atoms with Gasteiger partial charge in [0.25, 0.3) is 0 Å². The molecule has 29 heavy (non-hydrogen) atoms. The van der Waals surface area contributed by atoms with E-state index in [4.69, 9.17) is 4.52 Å². The van der Waals surface area contributed by atoms with Gasteiger partial charge in [0.15, 0.2) is 5.78 Å². The zero-order chi connectivity index (χ0) is 21.1. The molecule has 0 N–H and O–H groups in total. The van der Waals surface area contributed by atoms with Gasteiger partial charge in [-0.15, -0.1) is 0 Å². The van der Waals surface area contributed by atoms with E-state index in [1.165, 1.54) is 11.8 Å². The lowest BCUT2D eigenvalue weighted by atomic mass is 10.1. The van der Waals surface area contributed by atoms with Gasteiger partial charge in [0.2, 0.25) is 17.6 Å². The third-order valence-corrected chi connectivity index (χ3v) is 4.72. The molecular formula is C20H24N6O3. The fourth-order valence-corrected chi connectivity index (χ4v) is 3.31. The highest BCUT2D eigenvalue weighted by Crippen LogP contribution is 2.21.